The van der Waals surface area contributed by atoms with Crippen molar-refractivity contribution in [3.63, 3.8) is 0 Å². The van der Waals surface area contributed by atoms with Crippen LogP contribution >= 0.6 is 0 Å². The van der Waals surface area contributed by atoms with Gasteiger partial charge in [-0.25, -0.2) is 4.79 Å². The molecule has 1 aromatic rings. The van der Waals surface area contributed by atoms with Gasteiger partial charge in [0, 0.05) is 12.6 Å². The van der Waals surface area contributed by atoms with Crippen molar-refractivity contribution in [1.29, 1.82) is 0 Å². The van der Waals surface area contributed by atoms with Gasteiger partial charge in [0.05, 0.1) is 6.42 Å². The van der Waals surface area contributed by atoms with Crippen LogP contribution in [0.5, 0.6) is 0 Å². The Hall–Kier alpha value is -3.10. The highest BCUT2D eigenvalue weighted by molar-refractivity contribution is 5.94. The lowest BCUT2D eigenvalue weighted by Crippen LogP contribution is -2.54. The number of nitrogens with two attached hydrogens (primary N) is 1. The summed E-state index contributed by atoms with van der Waals surface area (Å²) in [6.45, 7) is 14.4. The molecule has 33 heavy (non-hydrogen) atoms. The number of likely N-dealkylation sites (N-methyl/N-ethyl adjacent to an activating group) is 1. The van der Waals surface area contributed by atoms with Gasteiger partial charge in [-0.3, -0.25) is 14.4 Å². The monoisotopic (exact) mass is 462 g/mol. The van der Waals surface area contributed by atoms with E-state index < -0.39 is 53.5 Å². The van der Waals surface area contributed by atoms with Crippen LogP contribution in [0, 0.1) is 13.8 Å². The Balaban J connectivity index is 3.34. The second kappa shape index (κ2) is 10.7. The molecule has 2 atom stereocenters. The van der Waals surface area contributed by atoms with Crippen LogP contribution in [0.1, 0.15) is 70.7 Å². The first kappa shape index (κ1) is 27.9. The average Bonchev–Trinajstić information content (AvgIpc) is 2.60. The number of benzene rings is 1. The smallest absolute Gasteiger partial charge is 0.408 e. The molecule has 184 valence electrons. The quantitative estimate of drug-likeness (QED) is 0.573. The Morgan fingerprint density at radius 3 is 2.06 bits per heavy atom. The lowest BCUT2D eigenvalue weighted by molar-refractivity contribution is -0.142. The van der Waals surface area contributed by atoms with Crippen molar-refractivity contribution < 1.29 is 23.9 Å². The van der Waals surface area contributed by atoms with Gasteiger partial charge >= 0.3 is 6.09 Å². The minimum atomic E-state index is -1.29. The van der Waals surface area contributed by atoms with Crippen molar-refractivity contribution in [2.24, 2.45) is 5.73 Å². The fraction of sp³-hybridized carbons (Fsp3) is 0.583. The predicted molar refractivity (Wildman–Crippen MR) is 126 cm³/mol. The van der Waals surface area contributed by atoms with E-state index in [1.807, 2.05) is 46.8 Å². The van der Waals surface area contributed by atoms with Gasteiger partial charge in [0.1, 0.15) is 17.7 Å². The summed E-state index contributed by atoms with van der Waals surface area (Å²) in [4.78, 5) is 51.8. The molecule has 0 spiro atoms. The number of carbonyl (C=O) groups excluding carboxylic acids is 4. The van der Waals surface area contributed by atoms with Gasteiger partial charge in [-0.05, 0) is 72.1 Å². The minimum Gasteiger partial charge on any atom is -0.444 e. The van der Waals surface area contributed by atoms with E-state index in [9.17, 15) is 19.2 Å². The molecule has 0 saturated carbocycles. The highest BCUT2D eigenvalue weighted by atomic mass is 16.6. The van der Waals surface area contributed by atoms with E-state index in [1.54, 1.807) is 26.8 Å². The van der Waals surface area contributed by atoms with Crippen molar-refractivity contribution in [2.45, 2.75) is 85.0 Å². The Labute approximate surface area is 196 Å². The van der Waals surface area contributed by atoms with Crippen LogP contribution < -0.4 is 16.4 Å². The molecule has 4 N–H and O–H groups in total. The minimum absolute atomic E-state index is 0.392. The van der Waals surface area contributed by atoms with E-state index in [-0.39, 0.29) is 0 Å². The molecule has 0 aliphatic carbocycles. The van der Waals surface area contributed by atoms with Gasteiger partial charge < -0.3 is 26.0 Å². The number of alkyl carbamates (subject to hydrolysis) is 1. The van der Waals surface area contributed by atoms with E-state index in [0.29, 0.717) is 5.56 Å². The van der Waals surface area contributed by atoms with Crippen molar-refractivity contribution in [2.75, 3.05) is 7.05 Å². The fourth-order valence-electron chi connectivity index (χ4n) is 3.15. The maximum atomic E-state index is 13.4. The summed E-state index contributed by atoms with van der Waals surface area (Å²) in [5, 5.41) is 5.32. The molecule has 9 heteroatoms. The summed E-state index contributed by atoms with van der Waals surface area (Å²) in [5.41, 5.74) is 6.58. The molecule has 0 aliphatic heterocycles. The molecule has 0 fully saturated rings. The third kappa shape index (κ3) is 9.11. The lowest BCUT2D eigenvalue weighted by atomic mass is 9.97. The largest absolute Gasteiger partial charge is 0.444 e. The van der Waals surface area contributed by atoms with Crippen LogP contribution in [-0.2, 0) is 19.1 Å². The van der Waals surface area contributed by atoms with E-state index >= 15 is 0 Å². The second-order valence-corrected chi connectivity index (χ2v) is 10.3. The maximum absolute atomic E-state index is 13.4. The topological polar surface area (TPSA) is 131 Å². The van der Waals surface area contributed by atoms with Crippen molar-refractivity contribution in [3.05, 3.63) is 34.9 Å². The van der Waals surface area contributed by atoms with Crippen molar-refractivity contribution >= 4 is 23.8 Å². The highest BCUT2D eigenvalue weighted by Crippen LogP contribution is 2.24. The summed E-state index contributed by atoms with van der Waals surface area (Å²) in [6.07, 6.45) is -1.31. The van der Waals surface area contributed by atoms with Gasteiger partial charge in [0.2, 0.25) is 17.7 Å². The van der Waals surface area contributed by atoms with Crippen LogP contribution in [-0.4, -0.2) is 52.9 Å². The molecule has 0 aromatic heterocycles. The number of ether oxygens (including phenoxy) is 1. The first-order chi connectivity index (χ1) is 14.9. The Morgan fingerprint density at radius 1 is 1.03 bits per heavy atom. The van der Waals surface area contributed by atoms with Gasteiger partial charge in [-0.1, -0.05) is 18.2 Å². The summed E-state index contributed by atoms with van der Waals surface area (Å²) in [7, 11) is 1.45. The maximum Gasteiger partial charge on any atom is 0.408 e. The van der Waals surface area contributed by atoms with Crippen LogP contribution in [0.2, 0.25) is 0 Å². The molecule has 1 aromatic carbocycles. The lowest BCUT2D eigenvalue weighted by Gasteiger charge is -2.33. The van der Waals surface area contributed by atoms with Crippen LogP contribution in [0.4, 0.5) is 4.79 Å². The number of carbonyl (C=O) groups is 4. The summed E-state index contributed by atoms with van der Waals surface area (Å²) in [5.74, 6) is -1.82. The molecule has 2 unspecified atom stereocenters. The molecule has 0 radical (unpaired) electrons. The number of primary amides is 1. The third-order valence-electron chi connectivity index (χ3n) is 4.72. The van der Waals surface area contributed by atoms with Gasteiger partial charge in [0.25, 0.3) is 0 Å². The SMILES string of the molecule is Cc1ccc(C(C(=O)NC(C)(C)C)N(C)C(=O)C(CC(N)=O)NC(=O)OC(C)(C)C)cc1C. The number of rotatable bonds is 7. The number of aryl methyl sites for hydroxylation is 2. The van der Waals surface area contributed by atoms with E-state index in [4.69, 9.17) is 10.5 Å². The van der Waals surface area contributed by atoms with E-state index in [0.717, 1.165) is 11.1 Å². The second-order valence-electron chi connectivity index (χ2n) is 10.3. The zero-order chi connectivity index (χ0) is 25.7. The molecule has 0 bridgehead atoms. The molecule has 0 heterocycles. The van der Waals surface area contributed by atoms with Gasteiger partial charge in [0.15, 0.2) is 0 Å². The van der Waals surface area contributed by atoms with E-state index in [2.05, 4.69) is 10.6 Å². The van der Waals surface area contributed by atoms with Crippen LogP contribution in [0.3, 0.4) is 0 Å². The zero-order valence-corrected chi connectivity index (χ0v) is 21.2. The molecule has 4 amide bonds. The molecular formula is C24H38N4O5. The number of hydrogen-bond acceptors (Lipinski definition) is 5. The molecule has 9 nitrogen and oxygen atoms in total. The number of amides is 4. The average molecular weight is 463 g/mol. The fourth-order valence-corrected chi connectivity index (χ4v) is 3.15. The van der Waals surface area contributed by atoms with Crippen LogP contribution in [0.15, 0.2) is 18.2 Å². The summed E-state index contributed by atoms with van der Waals surface area (Å²) < 4.78 is 5.21. The highest BCUT2D eigenvalue weighted by Gasteiger charge is 2.36. The normalized spacial score (nSPS) is 13.5. The first-order valence-corrected chi connectivity index (χ1v) is 10.8. The first-order valence-electron chi connectivity index (χ1n) is 10.8. The molecule has 0 aliphatic rings. The number of nitrogens with zero attached hydrogens (tertiary/aromatic N) is 1. The van der Waals surface area contributed by atoms with Gasteiger partial charge in [-0.15, -0.1) is 0 Å². The number of hydrogen-bond donors (Lipinski definition) is 3. The van der Waals surface area contributed by atoms with Crippen molar-refractivity contribution in [1.82, 2.24) is 15.5 Å². The standard InChI is InChI=1S/C24H38N4O5/c1-14-10-11-16(12-15(14)2)19(20(30)27-23(3,4)5)28(9)21(31)17(13-18(25)29)26-22(32)33-24(6,7)8/h10-12,17,19H,13H2,1-9H3,(H2,25,29)(H,26,32)(H,27,30). The Morgan fingerprint density at radius 2 is 1.61 bits per heavy atom. The number of nitrogens with one attached hydrogen (secondary N) is 2. The third-order valence-corrected chi connectivity index (χ3v) is 4.72. The Kier molecular flexibility index (Phi) is 9.04. The predicted octanol–water partition coefficient (Wildman–Crippen LogP) is 2.49. The van der Waals surface area contributed by atoms with Crippen molar-refractivity contribution in [3.8, 4) is 0 Å². The molecule has 1 rings (SSSR count). The molecule has 0 saturated heterocycles. The molecular weight excluding hydrogens is 424 g/mol. The summed E-state index contributed by atoms with van der Waals surface area (Å²) in [6, 6.07) is 3.21. The zero-order valence-electron chi connectivity index (χ0n) is 21.2. The van der Waals surface area contributed by atoms with Gasteiger partial charge in [-0.2, -0.15) is 0 Å². The van der Waals surface area contributed by atoms with E-state index in [1.165, 1.54) is 11.9 Å². The van der Waals surface area contributed by atoms with Crippen LogP contribution in [0.25, 0.3) is 0 Å². The summed E-state index contributed by atoms with van der Waals surface area (Å²) >= 11 is 0. The Bertz CT molecular complexity index is 899.